The Balaban J connectivity index is 1.88. The number of nitrogens with zero attached hydrogens (tertiary/aromatic N) is 1. The maximum absolute atomic E-state index is 10.8. The molecule has 0 spiro atoms. The van der Waals surface area contributed by atoms with Gasteiger partial charge in [-0.1, -0.05) is 31.9 Å². The van der Waals surface area contributed by atoms with Crippen molar-refractivity contribution in [1.29, 1.82) is 0 Å². The maximum Gasteiger partial charge on any atom is 0.335 e. The number of hydrogen-bond acceptors (Lipinski definition) is 2. The van der Waals surface area contributed by atoms with Crippen LogP contribution in [0, 0.1) is 0 Å². The van der Waals surface area contributed by atoms with E-state index in [-0.39, 0.29) is 0 Å². The Labute approximate surface area is 115 Å². The summed E-state index contributed by atoms with van der Waals surface area (Å²) in [5, 5.41) is 8.87. The fraction of sp³-hybridized carbons (Fsp3) is 0.562. The highest BCUT2D eigenvalue weighted by atomic mass is 16.4. The van der Waals surface area contributed by atoms with Gasteiger partial charge >= 0.3 is 5.97 Å². The van der Waals surface area contributed by atoms with E-state index < -0.39 is 5.97 Å². The lowest BCUT2D eigenvalue weighted by atomic mass is 10.1. The van der Waals surface area contributed by atoms with Crippen molar-refractivity contribution < 1.29 is 9.90 Å². The summed E-state index contributed by atoms with van der Waals surface area (Å²) < 4.78 is 0. The third-order valence-corrected chi connectivity index (χ3v) is 4.14. The average molecular weight is 261 g/mol. The SMILES string of the molecule is CCN(CCc1ccc(C(=O)O)cc1)C1CCCC1. The van der Waals surface area contributed by atoms with E-state index >= 15 is 0 Å². The first-order valence-corrected chi connectivity index (χ1v) is 7.27. The molecule has 0 aromatic heterocycles. The van der Waals surface area contributed by atoms with Crippen LogP contribution in [0.5, 0.6) is 0 Å². The van der Waals surface area contributed by atoms with Crippen molar-refractivity contribution in [2.75, 3.05) is 13.1 Å². The van der Waals surface area contributed by atoms with E-state index in [4.69, 9.17) is 5.11 Å². The summed E-state index contributed by atoms with van der Waals surface area (Å²) in [5.41, 5.74) is 1.59. The quantitative estimate of drug-likeness (QED) is 0.855. The fourth-order valence-corrected chi connectivity index (χ4v) is 2.95. The lowest BCUT2D eigenvalue weighted by Crippen LogP contribution is -2.34. The van der Waals surface area contributed by atoms with Gasteiger partial charge in [-0.25, -0.2) is 4.79 Å². The van der Waals surface area contributed by atoms with Gasteiger partial charge in [-0.15, -0.1) is 0 Å². The summed E-state index contributed by atoms with van der Waals surface area (Å²) >= 11 is 0. The first-order valence-electron chi connectivity index (χ1n) is 7.27. The van der Waals surface area contributed by atoms with Crippen LogP contribution in [-0.2, 0) is 6.42 Å². The van der Waals surface area contributed by atoms with Crippen LogP contribution >= 0.6 is 0 Å². The Morgan fingerprint density at radius 2 is 1.89 bits per heavy atom. The van der Waals surface area contributed by atoms with Gasteiger partial charge in [0.2, 0.25) is 0 Å². The van der Waals surface area contributed by atoms with Crippen molar-refractivity contribution in [3.8, 4) is 0 Å². The van der Waals surface area contributed by atoms with Crippen molar-refractivity contribution in [2.45, 2.75) is 45.1 Å². The van der Waals surface area contributed by atoms with E-state index in [2.05, 4.69) is 11.8 Å². The second-order valence-corrected chi connectivity index (χ2v) is 5.32. The molecule has 3 heteroatoms. The highest BCUT2D eigenvalue weighted by Gasteiger charge is 2.20. The van der Waals surface area contributed by atoms with Crippen LogP contribution in [0.25, 0.3) is 0 Å². The molecule has 0 amide bonds. The predicted molar refractivity (Wildman–Crippen MR) is 76.6 cm³/mol. The Hall–Kier alpha value is -1.35. The third kappa shape index (κ3) is 3.80. The van der Waals surface area contributed by atoms with E-state index in [1.165, 1.54) is 31.2 Å². The number of carbonyl (C=O) groups is 1. The van der Waals surface area contributed by atoms with Gasteiger partial charge in [0.05, 0.1) is 5.56 Å². The normalized spacial score (nSPS) is 16.1. The Bertz CT molecular complexity index is 407. The molecule has 1 aliphatic carbocycles. The van der Waals surface area contributed by atoms with E-state index in [1.807, 2.05) is 12.1 Å². The highest BCUT2D eigenvalue weighted by molar-refractivity contribution is 5.87. The molecule has 1 saturated carbocycles. The van der Waals surface area contributed by atoms with E-state index in [1.54, 1.807) is 12.1 Å². The molecule has 0 aliphatic heterocycles. The average Bonchev–Trinajstić information content (AvgIpc) is 2.94. The van der Waals surface area contributed by atoms with Crippen molar-refractivity contribution in [3.63, 3.8) is 0 Å². The molecule has 3 nitrogen and oxygen atoms in total. The van der Waals surface area contributed by atoms with Crippen LogP contribution in [0.2, 0.25) is 0 Å². The topological polar surface area (TPSA) is 40.5 Å². The molecule has 0 atom stereocenters. The summed E-state index contributed by atoms with van der Waals surface area (Å²) in [7, 11) is 0. The highest BCUT2D eigenvalue weighted by Crippen LogP contribution is 2.23. The van der Waals surface area contributed by atoms with Crippen molar-refractivity contribution in [3.05, 3.63) is 35.4 Å². The number of rotatable bonds is 6. The van der Waals surface area contributed by atoms with Gasteiger partial charge in [0.1, 0.15) is 0 Å². The smallest absolute Gasteiger partial charge is 0.335 e. The summed E-state index contributed by atoms with van der Waals surface area (Å²) in [5.74, 6) is -0.854. The molecule has 0 radical (unpaired) electrons. The zero-order chi connectivity index (χ0) is 13.7. The van der Waals surface area contributed by atoms with Crippen LogP contribution in [0.3, 0.4) is 0 Å². The number of carboxylic acids is 1. The molecule has 2 rings (SSSR count). The maximum atomic E-state index is 10.8. The molecule has 19 heavy (non-hydrogen) atoms. The summed E-state index contributed by atoms with van der Waals surface area (Å²) in [6.07, 6.45) is 6.42. The lowest BCUT2D eigenvalue weighted by molar-refractivity contribution is 0.0697. The number of likely N-dealkylation sites (N-methyl/N-ethyl adjacent to an activating group) is 1. The molecule has 0 unspecified atom stereocenters. The zero-order valence-corrected chi connectivity index (χ0v) is 11.6. The monoisotopic (exact) mass is 261 g/mol. The minimum atomic E-state index is -0.854. The van der Waals surface area contributed by atoms with E-state index in [9.17, 15) is 4.79 Å². The largest absolute Gasteiger partial charge is 0.478 e. The van der Waals surface area contributed by atoms with Crippen LogP contribution < -0.4 is 0 Å². The minimum Gasteiger partial charge on any atom is -0.478 e. The number of aromatic carboxylic acids is 1. The summed E-state index contributed by atoms with van der Waals surface area (Å²) in [6, 6.07) is 8.04. The minimum absolute atomic E-state index is 0.367. The van der Waals surface area contributed by atoms with Gasteiger partial charge in [0.15, 0.2) is 0 Å². The molecule has 1 aromatic carbocycles. The standard InChI is InChI=1S/C16H23NO2/c1-2-17(15-5-3-4-6-15)12-11-13-7-9-14(10-8-13)16(18)19/h7-10,15H,2-6,11-12H2,1H3,(H,18,19). The van der Waals surface area contributed by atoms with Gasteiger partial charge in [0, 0.05) is 12.6 Å². The van der Waals surface area contributed by atoms with E-state index in [0.29, 0.717) is 5.56 Å². The predicted octanol–water partition coefficient (Wildman–Crippen LogP) is 3.19. The Morgan fingerprint density at radius 1 is 1.26 bits per heavy atom. The van der Waals surface area contributed by atoms with Gasteiger partial charge in [0.25, 0.3) is 0 Å². The van der Waals surface area contributed by atoms with Gasteiger partial charge in [-0.2, -0.15) is 0 Å². The second-order valence-electron chi connectivity index (χ2n) is 5.32. The first-order chi connectivity index (χ1) is 9.20. The molecule has 0 saturated heterocycles. The molecule has 104 valence electrons. The fourth-order valence-electron chi connectivity index (χ4n) is 2.95. The first kappa shape index (κ1) is 14.1. The molecular formula is C16H23NO2. The van der Waals surface area contributed by atoms with Gasteiger partial charge < -0.3 is 10.0 Å². The van der Waals surface area contributed by atoms with Crippen molar-refractivity contribution >= 4 is 5.97 Å². The zero-order valence-electron chi connectivity index (χ0n) is 11.6. The Kier molecular flexibility index (Phi) is 4.97. The number of benzene rings is 1. The molecular weight excluding hydrogens is 238 g/mol. The van der Waals surface area contributed by atoms with Crippen molar-refractivity contribution in [2.24, 2.45) is 0 Å². The molecule has 0 bridgehead atoms. The summed E-state index contributed by atoms with van der Waals surface area (Å²) in [4.78, 5) is 13.4. The van der Waals surface area contributed by atoms with Crippen molar-refractivity contribution in [1.82, 2.24) is 4.90 Å². The number of hydrogen-bond donors (Lipinski definition) is 1. The molecule has 1 aromatic rings. The van der Waals surface area contributed by atoms with Gasteiger partial charge in [-0.05, 0) is 43.5 Å². The van der Waals surface area contributed by atoms with Crippen LogP contribution in [0.1, 0.15) is 48.5 Å². The Morgan fingerprint density at radius 3 is 2.42 bits per heavy atom. The lowest BCUT2D eigenvalue weighted by Gasteiger charge is -2.27. The molecule has 1 N–H and O–H groups in total. The van der Waals surface area contributed by atoms with Gasteiger partial charge in [-0.3, -0.25) is 0 Å². The molecule has 1 fully saturated rings. The molecule has 0 heterocycles. The van der Waals surface area contributed by atoms with Crippen LogP contribution in [-0.4, -0.2) is 35.1 Å². The number of carboxylic acid groups (broad SMARTS) is 1. The summed E-state index contributed by atoms with van der Waals surface area (Å²) in [6.45, 7) is 4.41. The molecule has 1 aliphatic rings. The van der Waals surface area contributed by atoms with Crippen LogP contribution in [0.4, 0.5) is 0 Å². The second kappa shape index (κ2) is 6.71. The van der Waals surface area contributed by atoms with Crippen LogP contribution in [0.15, 0.2) is 24.3 Å². The van der Waals surface area contributed by atoms with E-state index in [0.717, 1.165) is 25.6 Å². The third-order valence-electron chi connectivity index (χ3n) is 4.14.